The third-order valence-electron chi connectivity index (χ3n) is 2.68. The minimum Gasteiger partial charge on any atom is -0.469 e. The van der Waals surface area contributed by atoms with Gasteiger partial charge in [0.15, 0.2) is 5.13 Å². The average Bonchev–Trinajstić information content (AvgIpc) is 3.06. The summed E-state index contributed by atoms with van der Waals surface area (Å²) in [6.45, 7) is 0.855. The third-order valence-corrected chi connectivity index (χ3v) is 4.41. The lowest BCUT2D eigenvalue weighted by atomic mass is 10.2. The van der Waals surface area contributed by atoms with Gasteiger partial charge in [-0.15, -0.1) is 11.3 Å². The van der Waals surface area contributed by atoms with E-state index in [0.29, 0.717) is 12.8 Å². The number of thiazole rings is 1. The van der Waals surface area contributed by atoms with Crippen molar-refractivity contribution in [1.82, 2.24) is 4.98 Å². The summed E-state index contributed by atoms with van der Waals surface area (Å²) in [6.07, 6.45) is 1.02. The lowest BCUT2D eigenvalue weighted by Crippen LogP contribution is -2.15. The zero-order valence-corrected chi connectivity index (χ0v) is 12.6. The molecule has 0 aromatic carbocycles. The lowest BCUT2D eigenvalue weighted by molar-refractivity contribution is -0.140. The first kappa shape index (κ1) is 14.0. The van der Waals surface area contributed by atoms with Gasteiger partial charge in [-0.2, -0.15) is 11.3 Å². The summed E-state index contributed by atoms with van der Waals surface area (Å²) in [5.41, 5.74) is 2.24. The number of hydrogen-bond donors (Lipinski definition) is 0. The fourth-order valence-corrected chi connectivity index (χ4v) is 3.13. The Balaban J connectivity index is 1.90. The van der Waals surface area contributed by atoms with Crippen molar-refractivity contribution in [2.45, 2.75) is 19.4 Å². The van der Waals surface area contributed by atoms with Gasteiger partial charge < -0.3 is 9.64 Å². The van der Waals surface area contributed by atoms with Crippen LogP contribution in [0.5, 0.6) is 0 Å². The number of thiophene rings is 1. The van der Waals surface area contributed by atoms with Gasteiger partial charge in [-0.1, -0.05) is 0 Å². The van der Waals surface area contributed by atoms with Gasteiger partial charge in [-0.05, 0) is 22.4 Å². The molecule has 2 heterocycles. The van der Waals surface area contributed by atoms with Crippen LogP contribution in [-0.2, 0) is 22.5 Å². The van der Waals surface area contributed by atoms with Crippen LogP contribution < -0.4 is 4.90 Å². The molecule has 0 atom stereocenters. The standard InChI is InChI=1S/C13H16N2O2S2/c1-15(7-10-5-6-18-8-10)13-14-11(9-19-13)3-4-12(16)17-2/h5-6,8-9H,3-4,7H2,1-2H3. The molecule has 0 aliphatic rings. The van der Waals surface area contributed by atoms with E-state index in [1.165, 1.54) is 12.7 Å². The molecule has 0 bridgehead atoms. The van der Waals surface area contributed by atoms with E-state index in [1.807, 2.05) is 12.4 Å². The van der Waals surface area contributed by atoms with Crippen LogP contribution in [-0.4, -0.2) is 25.1 Å². The molecule has 0 N–H and O–H groups in total. The predicted octanol–water partition coefficient (Wildman–Crippen LogP) is 2.95. The highest BCUT2D eigenvalue weighted by Gasteiger charge is 2.09. The zero-order valence-electron chi connectivity index (χ0n) is 11.0. The van der Waals surface area contributed by atoms with Crippen LogP contribution >= 0.6 is 22.7 Å². The minimum atomic E-state index is -0.193. The molecule has 0 radical (unpaired) electrons. The topological polar surface area (TPSA) is 42.4 Å². The van der Waals surface area contributed by atoms with Gasteiger partial charge in [-0.25, -0.2) is 4.98 Å². The normalized spacial score (nSPS) is 10.4. The van der Waals surface area contributed by atoms with Crippen LogP contribution in [0.1, 0.15) is 17.7 Å². The summed E-state index contributed by atoms with van der Waals surface area (Å²) < 4.78 is 4.62. The Hall–Kier alpha value is -1.40. The highest BCUT2D eigenvalue weighted by molar-refractivity contribution is 7.13. The predicted molar refractivity (Wildman–Crippen MR) is 78.9 cm³/mol. The van der Waals surface area contributed by atoms with Crippen molar-refractivity contribution in [1.29, 1.82) is 0 Å². The molecule has 0 aliphatic heterocycles. The number of aromatic nitrogens is 1. The van der Waals surface area contributed by atoms with Crippen LogP contribution in [0, 0.1) is 0 Å². The summed E-state index contributed by atoms with van der Waals surface area (Å²) in [5, 5.41) is 7.20. The molecule has 0 amide bonds. The first-order valence-corrected chi connectivity index (χ1v) is 7.74. The van der Waals surface area contributed by atoms with Crippen LogP contribution in [0.25, 0.3) is 0 Å². The van der Waals surface area contributed by atoms with E-state index in [2.05, 4.69) is 31.4 Å². The monoisotopic (exact) mass is 296 g/mol. The van der Waals surface area contributed by atoms with Crippen molar-refractivity contribution in [3.63, 3.8) is 0 Å². The molecule has 2 rings (SSSR count). The Labute approximate surface area is 120 Å². The molecule has 102 valence electrons. The SMILES string of the molecule is COC(=O)CCc1csc(N(C)Cc2ccsc2)n1. The number of ether oxygens (including phenoxy) is 1. The smallest absolute Gasteiger partial charge is 0.305 e. The van der Waals surface area contributed by atoms with Crippen LogP contribution in [0.3, 0.4) is 0 Å². The molecule has 0 fully saturated rings. The summed E-state index contributed by atoms with van der Waals surface area (Å²) in [6, 6.07) is 2.12. The first-order chi connectivity index (χ1) is 9.19. The van der Waals surface area contributed by atoms with Gasteiger partial charge >= 0.3 is 5.97 Å². The van der Waals surface area contributed by atoms with Gasteiger partial charge in [0.2, 0.25) is 0 Å². The van der Waals surface area contributed by atoms with E-state index in [-0.39, 0.29) is 5.97 Å². The number of nitrogens with zero attached hydrogens (tertiary/aromatic N) is 2. The van der Waals surface area contributed by atoms with E-state index >= 15 is 0 Å². The number of hydrogen-bond acceptors (Lipinski definition) is 6. The molecule has 6 heteroatoms. The van der Waals surface area contributed by atoms with Crippen molar-refractivity contribution < 1.29 is 9.53 Å². The third kappa shape index (κ3) is 4.04. The van der Waals surface area contributed by atoms with Gasteiger partial charge in [0.1, 0.15) is 0 Å². The molecule has 2 aromatic heterocycles. The maximum Gasteiger partial charge on any atom is 0.305 e. The van der Waals surface area contributed by atoms with Crippen molar-refractivity contribution in [3.8, 4) is 0 Å². The van der Waals surface area contributed by atoms with E-state index in [0.717, 1.165) is 17.4 Å². The number of methoxy groups -OCH3 is 1. The molecule has 0 saturated carbocycles. The Morgan fingerprint density at radius 1 is 1.47 bits per heavy atom. The molecule has 2 aromatic rings. The number of carbonyl (C=O) groups excluding carboxylic acids is 1. The quantitative estimate of drug-likeness (QED) is 0.769. The van der Waals surface area contributed by atoms with Gasteiger partial charge in [0, 0.05) is 25.4 Å². The van der Waals surface area contributed by atoms with Crippen LogP contribution in [0.15, 0.2) is 22.2 Å². The highest BCUT2D eigenvalue weighted by Crippen LogP contribution is 2.22. The number of anilines is 1. The largest absolute Gasteiger partial charge is 0.469 e. The second kappa shape index (κ2) is 6.68. The fraction of sp³-hybridized carbons (Fsp3) is 0.385. The Morgan fingerprint density at radius 2 is 2.32 bits per heavy atom. The molecule has 19 heavy (non-hydrogen) atoms. The molecule has 0 aliphatic carbocycles. The van der Waals surface area contributed by atoms with Crippen molar-refractivity contribution in [2.75, 3.05) is 19.1 Å². The maximum atomic E-state index is 11.1. The Morgan fingerprint density at radius 3 is 3.00 bits per heavy atom. The van der Waals surface area contributed by atoms with Gasteiger partial charge in [-0.3, -0.25) is 4.79 Å². The minimum absolute atomic E-state index is 0.193. The van der Waals surface area contributed by atoms with Crippen molar-refractivity contribution in [2.24, 2.45) is 0 Å². The summed E-state index contributed by atoms with van der Waals surface area (Å²) in [4.78, 5) is 17.7. The number of rotatable bonds is 6. The van der Waals surface area contributed by atoms with E-state index < -0.39 is 0 Å². The summed E-state index contributed by atoms with van der Waals surface area (Å²) in [5.74, 6) is -0.193. The number of aryl methyl sites for hydroxylation is 1. The molecule has 4 nitrogen and oxygen atoms in total. The van der Waals surface area contributed by atoms with E-state index in [4.69, 9.17) is 0 Å². The van der Waals surface area contributed by atoms with Crippen LogP contribution in [0.4, 0.5) is 5.13 Å². The Bertz CT molecular complexity index is 522. The van der Waals surface area contributed by atoms with Crippen LogP contribution in [0.2, 0.25) is 0 Å². The second-order valence-electron chi connectivity index (χ2n) is 4.19. The fourth-order valence-electron chi connectivity index (χ4n) is 1.64. The summed E-state index contributed by atoms with van der Waals surface area (Å²) >= 11 is 3.31. The maximum absolute atomic E-state index is 11.1. The lowest BCUT2D eigenvalue weighted by Gasteiger charge is -2.14. The van der Waals surface area contributed by atoms with E-state index in [9.17, 15) is 4.79 Å². The molecule has 0 spiro atoms. The number of carbonyl (C=O) groups is 1. The average molecular weight is 296 g/mol. The zero-order chi connectivity index (χ0) is 13.7. The molecular weight excluding hydrogens is 280 g/mol. The molecule has 0 unspecified atom stereocenters. The molecule has 0 saturated heterocycles. The Kier molecular flexibility index (Phi) is 4.93. The summed E-state index contributed by atoms with van der Waals surface area (Å²) in [7, 11) is 3.43. The van der Waals surface area contributed by atoms with E-state index in [1.54, 1.807) is 22.7 Å². The second-order valence-corrected chi connectivity index (χ2v) is 5.80. The van der Waals surface area contributed by atoms with Crippen molar-refractivity contribution in [3.05, 3.63) is 33.5 Å². The number of esters is 1. The molecular formula is C13H16N2O2S2. The van der Waals surface area contributed by atoms with Gasteiger partial charge in [0.05, 0.1) is 19.2 Å². The highest BCUT2D eigenvalue weighted by atomic mass is 32.1. The van der Waals surface area contributed by atoms with Gasteiger partial charge in [0.25, 0.3) is 0 Å². The first-order valence-electron chi connectivity index (χ1n) is 5.92. The van der Waals surface area contributed by atoms with Crippen molar-refractivity contribution >= 4 is 33.8 Å².